The van der Waals surface area contributed by atoms with E-state index >= 15 is 0 Å². The normalized spacial score (nSPS) is 14.6. The Kier molecular flexibility index (Phi) is 7.27. The molecule has 2 N–H and O–H groups in total. The Balaban J connectivity index is 1.78. The molecule has 2 aromatic rings. The third kappa shape index (κ3) is 5.47. The molecule has 0 spiro atoms. The van der Waals surface area contributed by atoms with Crippen LogP contribution in [0.1, 0.15) is 13.8 Å². The maximum absolute atomic E-state index is 12.9. The molecule has 1 heterocycles. The number of thioether (sulfide) groups is 1. The van der Waals surface area contributed by atoms with E-state index in [9.17, 15) is 13.2 Å². The number of rotatable bonds is 7. The first-order valence-electron chi connectivity index (χ1n) is 9.74. The maximum Gasteiger partial charge on any atom is 0.261 e. The Morgan fingerprint density at radius 1 is 1.10 bits per heavy atom. The summed E-state index contributed by atoms with van der Waals surface area (Å²) in [5.74, 6) is -0.366. The molecule has 1 fully saturated rings. The second kappa shape index (κ2) is 9.72. The second-order valence-corrected chi connectivity index (χ2v) is 9.79. The van der Waals surface area contributed by atoms with Crippen LogP contribution in [-0.4, -0.2) is 46.9 Å². The van der Waals surface area contributed by atoms with Gasteiger partial charge in [-0.25, -0.2) is 8.42 Å². The van der Waals surface area contributed by atoms with Gasteiger partial charge in [0.1, 0.15) is 0 Å². The maximum atomic E-state index is 12.9. The van der Waals surface area contributed by atoms with E-state index in [0.29, 0.717) is 24.6 Å². The van der Waals surface area contributed by atoms with Crippen molar-refractivity contribution in [3.63, 3.8) is 0 Å². The Bertz CT molecular complexity index is 986. The van der Waals surface area contributed by atoms with Gasteiger partial charge in [-0.2, -0.15) is 0 Å². The SMILES string of the molecule is CSc1ccc(S(=O)(=O)Nc2ccc(N3CCOCC3)cc2)cc1NC(=O)C(C)C. The number of morpholine rings is 1. The third-order valence-corrected chi connectivity index (χ3v) is 6.93. The molecule has 2 aromatic carbocycles. The fourth-order valence-corrected chi connectivity index (χ4v) is 4.62. The topological polar surface area (TPSA) is 87.7 Å². The monoisotopic (exact) mass is 449 g/mol. The highest BCUT2D eigenvalue weighted by Crippen LogP contribution is 2.30. The predicted molar refractivity (Wildman–Crippen MR) is 122 cm³/mol. The summed E-state index contributed by atoms with van der Waals surface area (Å²) >= 11 is 1.44. The highest BCUT2D eigenvalue weighted by molar-refractivity contribution is 7.98. The third-order valence-electron chi connectivity index (χ3n) is 4.76. The average molecular weight is 450 g/mol. The van der Waals surface area contributed by atoms with Gasteiger partial charge < -0.3 is 15.0 Å². The second-order valence-electron chi connectivity index (χ2n) is 7.26. The lowest BCUT2D eigenvalue weighted by Crippen LogP contribution is -2.36. The van der Waals surface area contributed by atoms with Gasteiger partial charge in [0.15, 0.2) is 0 Å². The molecule has 1 amide bonds. The van der Waals surface area contributed by atoms with Crippen LogP contribution in [0.15, 0.2) is 52.3 Å². The van der Waals surface area contributed by atoms with Crippen molar-refractivity contribution in [2.24, 2.45) is 5.92 Å². The van der Waals surface area contributed by atoms with Crippen molar-refractivity contribution in [3.8, 4) is 0 Å². The van der Waals surface area contributed by atoms with Crippen molar-refractivity contribution in [1.82, 2.24) is 0 Å². The lowest BCUT2D eigenvalue weighted by atomic mass is 10.2. The molecule has 9 heteroatoms. The van der Waals surface area contributed by atoms with E-state index < -0.39 is 10.0 Å². The van der Waals surface area contributed by atoms with E-state index in [-0.39, 0.29) is 16.7 Å². The molecule has 1 saturated heterocycles. The van der Waals surface area contributed by atoms with Crippen LogP contribution in [0.2, 0.25) is 0 Å². The van der Waals surface area contributed by atoms with Crippen LogP contribution >= 0.6 is 11.8 Å². The van der Waals surface area contributed by atoms with Crippen molar-refractivity contribution >= 4 is 44.8 Å². The van der Waals surface area contributed by atoms with Crippen LogP contribution in [0.4, 0.5) is 17.1 Å². The number of sulfonamides is 1. The van der Waals surface area contributed by atoms with E-state index in [0.717, 1.165) is 23.7 Å². The fourth-order valence-electron chi connectivity index (χ4n) is 3.00. The summed E-state index contributed by atoms with van der Waals surface area (Å²) in [5, 5.41) is 2.81. The molecule has 162 valence electrons. The molecule has 0 bridgehead atoms. The minimum absolute atomic E-state index is 0.0941. The van der Waals surface area contributed by atoms with Crippen molar-refractivity contribution in [2.75, 3.05) is 47.5 Å². The van der Waals surface area contributed by atoms with Crippen molar-refractivity contribution < 1.29 is 17.9 Å². The quantitative estimate of drug-likeness (QED) is 0.628. The van der Waals surface area contributed by atoms with E-state index in [4.69, 9.17) is 4.74 Å². The molecule has 0 aliphatic carbocycles. The van der Waals surface area contributed by atoms with Gasteiger partial charge in [0.2, 0.25) is 5.91 Å². The van der Waals surface area contributed by atoms with Crippen LogP contribution in [0.3, 0.4) is 0 Å². The van der Waals surface area contributed by atoms with E-state index in [1.54, 1.807) is 38.1 Å². The number of carbonyl (C=O) groups excluding carboxylic acids is 1. The first-order valence-corrected chi connectivity index (χ1v) is 12.5. The Labute approximate surface area is 182 Å². The number of anilines is 3. The van der Waals surface area contributed by atoms with Gasteiger partial charge in [-0.15, -0.1) is 11.8 Å². The predicted octanol–water partition coefficient (Wildman–Crippen LogP) is 3.64. The van der Waals surface area contributed by atoms with Crippen LogP contribution in [-0.2, 0) is 19.6 Å². The minimum Gasteiger partial charge on any atom is -0.378 e. The summed E-state index contributed by atoms with van der Waals surface area (Å²) in [4.78, 5) is 15.2. The summed E-state index contributed by atoms with van der Waals surface area (Å²) in [6.07, 6.45) is 1.88. The number of nitrogens with zero attached hydrogens (tertiary/aromatic N) is 1. The van der Waals surface area contributed by atoms with Crippen LogP contribution in [0, 0.1) is 5.92 Å². The van der Waals surface area contributed by atoms with Crippen LogP contribution < -0.4 is 14.9 Å². The molecule has 0 saturated carbocycles. The van der Waals surface area contributed by atoms with Crippen molar-refractivity contribution in [2.45, 2.75) is 23.6 Å². The smallest absolute Gasteiger partial charge is 0.261 e. The number of hydrogen-bond donors (Lipinski definition) is 2. The molecule has 1 aliphatic rings. The number of amides is 1. The molecule has 3 rings (SSSR count). The lowest BCUT2D eigenvalue weighted by molar-refractivity contribution is -0.118. The fraction of sp³-hybridized carbons (Fsp3) is 0.381. The molecule has 0 radical (unpaired) electrons. The highest BCUT2D eigenvalue weighted by Gasteiger charge is 2.18. The van der Waals surface area contributed by atoms with E-state index in [2.05, 4.69) is 14.9 Å². The zero-order chi connectivity index (χ0) is 21.7. The molecule has 0 atom stereocenters. The number of benzene rings is 2. The Morgan fingerprint density at radius 2 is 1.77 bits per heavy atom. The number of nitrogens with one attached hydrogen (secondary N) is 2. The van der Waals surface area contributed by atoms with Gasteiger partial charge >= 0.3 is 0 Å². The standard InChI is InChI=1S/C21H27N3O4S2/c1-15(2)21(25)22-19-14-18(8-9-20(19)29-3)30(26,27)23-16-4-6-17(7-5-16)24-10-12-28-13-11-24/h4-9,14-15,23H,10-13H2,1-3H3,(H,22,25). The summed E-state index contributed by atoms with van der Waals surface area (Å²) in [6.45, 7) is 6.59. The number of carbonyl (C=O) groups is 1. The molecule has 0 aromatic heterocycles. The highest BCUT2D eigenvalue weighted by atomic mass is 32.2. The molecular formula is C21H27N3O4S2. The summed E-state index contributed by atoms with van der Waals surface area (Å²) in [6, 6.07) is 12.0. The molecule has 7 nitrogen and oxygen atoms in total. The largest absolute Gasteiger partial charge is 0.378 e. The lowest BCUT2D eigenvalue weighted by Gasteiger charge is -2.28. The summed E-state index contributed by atoms with van der Waals surface area (Å²) in [5.41, 5.74) is 2.00. The first-order chi connectivity index (χ1) is 14.3. The van der Waals surface area contributed by atoms with Crippen molar-refractivity contribution in [3.05, 3.63) is 42.5 Å². The van der Waals surface area contributed by atoms with E-state index in [1.807, 2.05) is 18.4 Å². The van der Waals surface area contributed by atoms with Gasteiger partial charge in [-0.05, 0) is 48.7 Å². The molecule has 0 unspecified atom stereocenters. The van der Waals surface area contributed by atoms with Gasteiger partial charge in [0.25, 0.3) is 10.0 Å². The number of ether oxygens (including phenoxy) is 1. The zero-order valence-corrected chi connectivity index (χ0v) is 19.0. The molecule has 30 heavy (non-hydrogen) atoms. The summed E-state index contributed by atoms with van der Waals surface area (Å²) < 4.78 is 33.8. The van der Waals surface area contributed by atoms with Crippen LogP contribution in [0.25, 0.3) is 0 Å². The van der Waals surface area contributed by atoms with Crippen molar-refractivity contribution in [1.29, 1.82) is 0 Å². The van der Waals surface area contributed by atoms with Crippen LogP contribution in [0.5, 0.6) is 0 Å². The average Bonchev–Trinajstić information content (AvgIpc) is 2.74. The van der Waals surface area contributed by atoms with E-state index in [1.165, 1.54) is 17.8 Å². The summed E-state index contributed by atoms with van der Waals surface area (Å²) in [7, 11) is -3.80. The minimum atomic E-state index is -3.80. The first kappa shape index (κ1) is 22.5. The molecular weight excluding hydrogens is 422 g/mol. The molecule has 1 aliphatic heterocycles. The zero-order valence-electron chi connectivity index (χ0n) is 17.3. The van der Waals surface area contributed by atoms with Gasteiger partial charge in [-0.1, -0.05) is 13.8 Å². The number of hydrogen-bond acceptors (Lipinski definition) is 6. The van der Waals surface area contributed by atoms with Gasteiger partial charge in [-0.3, -0.25) is 9.52 Å². The van der Waals surface area contributed by atoms with Gasteiger partial charge in [0.05, 0.1) is 23.8 Å². The van der Waals surface area contributed by atoms with Gasteiger partial charge in [0, 0.05) is 35.3 Å². The Morgan fingerprint density at radius 3 is 2.37 bits per heavy atom. The Hall–Kier alpha value is -2.23.